The maximum Gasteiger partial charge on any atom is 0.255 e. The van der Waals surface area contributed by atoms with E-state index in [1.54, 1.807) is 24.3 Å². The molecule has 5 aromatic rings. The number of carbonyl (C=O) groups excluding carboxylic acids is 3. The monoisotopic (exact) mass is 625 g/mol. The summed E-state index contributed by atoms with van der Waals surface area (Å²) in [5.41, 5.74) is 2.92. The number of para-hydroxylation sites is 1. The fourth-order valence-electron chi connectivity index (χ4n) is 4.83. The number of likely N-dealkylation sites (N-methyl/N-ethyl adjacent to an activating group) is 1. The van der Waals surface area contributed by atoms with E-state index < -0.39 is 11.9 Å². The third-order valence-corrected chi connectivity index (χ3v) is 7.56. The van der Waals surface area contributed by atoms with Crippen molar-refractivity contribution in [3.63, 3.8) is 0 Å². The summed E-state index contributed by atoms with van der Waals surface area (Å²) < 4.78 is 0.667. The van der Waals surface area contributed by atoms with Gasteiger partial charge in [0.05, 0.1) is 11.3 Å². The predicted molar refractivity (Wildman–Crippen MR) is 171 cm³/mol. The number of fused-ring (bicyclic) bond motifs is 2. The highest BCUT2D eigenvalue weighted by Crippen LogP contribution is 2.24. The van der Waals surface area contributed by atoms with E-state index in [1.807, 2.05) is 85.9 Å². The minimum Gasteiger partial charge on any atom is -0.361 e. The van der Waals surface area contributed by atoms with Crippen molar-refractivity contribution in [2.45, 2.75) is 12.5 Å². The first-order chi connectivity index (χ1) is 20.3. The van der Waals surface area contributed by atoms with E-state index >= 15 is 0 Å². The number of amides is 3. The molecule has 1 aromatic heterocycles. The predicted octanol–water partition coefficient (Wildman–Crippen LogP) is 5.35. The van der Waals surface area contributed by atoms with Crippen LogP contribution < -0.4 is 16.0 Å². The van der Waals surface area contributed by atoms with Gasteiger partial charge in [-0.05, 0) is 66.8 Å². The molecular formula is C33H32BrN5O3. The molecule has 0 spiro atoms. The van der Waals surface area contributed by atoms with Crippen molar-refractivity contribution in [3.05, 3.63) is 112 Å². The number of nitrogens with one attached hydrogen (secondary N) is 4. The molecule has 0 bridgehead atoms. The van der Waals surface area contributed by atoms with E-state index in [1.165, 1.54) is 0 Å². The van der Waals surface area contributed by atoms with Crippen LogP contribution in [0.1, 0.15) is 26.3 Å². The fourth-order valence-corrected chi connectivity index (χ4v) is 5.19. The van der Waals surface area contributed by atoms with Gasteiger partial charge in [-0.1, -0.05) is 64.5 Å². The number of nitrogens with zero attached hydrogens (tertiary/aromatic N) is 1. The first kappa shape index (κ1) is 29.0. The van der Waals surface area contributed by atoms with E-state index in [9.17, 15) is 14.4 Å². The molecule has 1 atom stereocenters. The van der Waals surface area contributed by atoms with Crippen LogP contribution in [0.4, 0.5) is 5.69 Å². The molecule has 5 rings (SSSR count). The minimum absolute atomic E-state index is 0.239. The van der Waals surface area contributed by atoms with Crippen LogP contribution in [-0.2, 0) is 11.2 Å². The highest BCUT2D eigenvalue weighted by atomic mass is 79.9. The molecule has 42 heavy (non-hydrogen) atoms. The molecule has 0 saturated carbocycles. The molecule has 0 unspecified atom stereocenters. The summed E-state index contributed by atoms with van der Waals surface area (Å²) in [5.74, 6) is -1.10. The zero-order chi connectivity index (χ0) is 29.6. The average Bonchev–Trinajstić information content (AvgIpc) is 3.39. The molecule has 4 N–H and O–H groups in total. The third-order valence-electron chi connectivity index (χ3n) is 7.07. The van der Waals surface area contributed by atoms with Gasteiger partial charge in [-0.2, -0.15) is 0 Å². The molecule has 9 heteroatoms. The Morgan fingerprint density at radius 2 is 1.64 bits per heavy atom. The summed E-state index contributed by atoms with van der Waals surface area (Å²) in [6.45, 7) is 1.10. The zero-order valence-electron chi connectivity index (χ0n) is 23.4. The van der Waals surface area contributed by atoms with Gasteiger partial charge in [0.2, 0.25) is 5.91 Å². The topological polar surface area (TPSA) is 106 Å². The van der Waals surface area contributed by atoms with Crippen molar-refractivity contribution in [1.82, 2.24) is 20.5 Å². The first-order valence-corrected chi connectivity index (χ1v) is 14.5. The number of anilines is 1. The van der Waals surface area contributed by atoms with Gasteiger partial charge >= 0.3 is 0 Å². The summed E-state index contributed by atoms with van der Waals surface area (Å²) in [7, 11) is 3.86. The Kier molecular flexibility index (Phi) is 9.00. The van der Waals surface area contributed by atoms with E-state index in [0.717, 1.165) is 27.2 Å². The van der Waals surface area contributed by atoms with Crippen molar-refractivity contribution in [2.24, 2.45) is 0 Å². The van der Waals surface area contributed by atoms with Crippen molar-refractivity contribution in [3.8, 4) is 0 Å². The normalized spacial score (nSPS) is 11.9. The molecule has 0 fully saturated rings. The maximum absolute atomic E-state index is 13.7. The van der Waals surface area contributed by atoms with E-state index in [0.29, 0.717) is 28.8 Å². The largest absolute Gasteiger partial charge is 0.361 e. The highest BCUT2D eigenvalue weighted by Gasteiger charge is 2.25. The number of hydrogen-bond acceptors (Lipinski definition) is 4. The van der Waals surface area contributed by atoms with Gasteiger partial charge in [-0.3, -0.25) is 14.4 Å². The van der Waals surface area contributed by atoms with Gasteiger partial charge in [0.1, 0.15) is 6.04 Å². The maximum atomic E-state index is 13.7. The Morgan fingerprint density at radius 3 is 2.45 bits per heavy atom. The molecule has 0 aliphatic rings. The third kappa shape index (κ3) is 6.87. The number of benzene rings is 4. The molecule has 0 aliphatic heterocycles. The zero-order valence-corrected chi connectivity index (χ0v) is 25.0. The highest BCUT2D eigenvalue weighted by molar-refractivity contribution is 9.10. The molecule has 3 amide bonds. The minimum atomic E-state index is -0.845. The smallest absolute Gasteiger partial charge is 0.255 e. The second kappa shape index (κ2) is 13.0. The molecule has 0 aliphatic carbocycles. The number of halogens is 1. The molecule has 8 nitrogen and oxygen atoms in total. The standard InChI is InChI=1S/C33H32BrN5O3/c1-39(2)16-15-35-33(42)30(18-24-20-36-28-10-6-5-9-26(24)28)38-32(41)27-19-25(34)13-14-29(27)37-31(40)23-12-11-21-7-3-4-8-22(21)17-23/h3-14,17,19-20,30,36H,15-16,18H2,1-2H3,(H,35,42)(H,37,40)(H,38,41)/t30-/m0/s1. The van der Waals surface area contributed by atoms with Crippen molar-refractivity contribution >= 4 is 61.0 Å². The molecule has 0 radical (unpaired) electrons. The number of hydrogen-bond donors (Lipinski definition) is 4. The van der Waals surface area contributed by atoms with Gasteiger partial charge in [0.15, 0.2) is 0 Å². The second-order valence-electron chi connectivity index (χ2n) is 10.4. The lowest BCUT2D eigenvalue weighted by atomic mass is 10.0. The summed E-state index contributed by atoms with van der Waals surface area (Å²) in [6.07, 6.45) is 2.15. The Bertz CT molecular complexity index is 1760. The molecular weight excluding hydrogens is 594 g/mol. The van der Waals surface area contributed by atoms with Crippen molar-refractivity contribution in [1.29, 1.82) is 0 Å². The van der Waals surface area contributed by atoms with Crippen LogP contribution in [0.5, 0.6) is 0 Å². The summed E-state index contributed by atoms with van der Waals surface area (Å²) >= 11 is 3.44. The fraction of sp³-hybridized carbons (Fsp3) is 0.182. The lowest BCUT2D eigenvalue weighted by molar-refractivity contribution is -0.123. The lowest BCUT2D eigenvalue weighted by Gasteiger charge is -2.20. The molecule has 1 heterocycles. The van der Waals surface area contributed by atoms with Crippen LogP contribution in [-0.4, -0.2) is 60.8 Å². The van der Waals surface area contributed by atoms with Gasteiger partial charge in [-0.15, -0.1) is 0 Å². The van der Waals surface area contributed by atoms with Crippen LogP contribution >= 0.6 is 15.9 Å². The number of carbonyl (C=O) groups is 3. The lowest BCUT2D eigenvalue weighted by Crippen LogP contribution is -2.49. The van der Waals surface area contributed by atoms with Crippen LogP contribution in [0.15, 0.2) is 95.6 Å². The second-order valence-corrected chi connectivity index (χ2v) is 11.3. The molecule has 0 saturated heterocycles. The van der Waals surface area contributed by atoms with Crippen LogP contribution in [0, 0.1) is 0 Å². The first-order valence-electron chi connectivity index (χ1n) is 13.7. The van der Waals surface area contributed by atoms with Crippen LogP contribution in [0.3, 0.4) is 0 Å². The average molecular weight is 627 g/mol. The quantitative estimate of drug-likeness (QED) is 0.168. The Hall–Kier alpha value is -4.47. The van der Waals surface area contributed by atoms with Crippen LogP contribution in [0.25, 0.3) is 21.7 Å². The Balaban J connectivity index is 1.39. The van der Waals surface area contributed by atoms with Gasteiger partial charge in [0, 0.05) is 46.6 Å². The summed E-state index contributed by atoms with van der Waals surface area (Å²) in [6, 6.07) is 25.3. The summed E-state index contributed by atoms with van der Waals surface area (Å²) in [5, 5.41) is 11.7. The number of rotatable bonds is 10. The summed E-state index contributed by atoms with van der Waals surface area (Å²) in [4.78, 5) is 45.5. The Labute approximate surface area is 252 Å². The number of aromatic nitrogens is 1. The van der Waals surface area contributed by atoms with Gasteiger partial charge in [0.25, 0.3) is 11.8 Å². The van der Waals surface area contributed by atoms with Crippen molar-refractivity contribution in [2.75, 3.05) is 32.5 Å². The van der Waals surface area contributed by atoms with Crippen molar-refractivity contribution < 1.29 is 14.4 Å². The number of aromatic amines is 1. The van der Waals surface area contributed by atoms with Gasteiger partial charge in [-0.25, -0.2) is 0 Å². The van der Waals surface area contributed by atoms with Gasteiger partial charge < -0.3 is 25.8 Å². The SMILES string of the molecule is CN(C)CCNC(=O)[C@H](Cc1c[nH]c2ccccc12)NC(=O)c1cc(Br)ccc1NC(=O)c1ccc2ccccc2c1. The number of H-pyrrole nitrogens is 1. The van der Waals surface area contributed by atoms with E-state index in [-0.39, 0.29) is 23.8 Å². The molecule has 4 aromatic carbocycles. The van der Waals surface area contributed by atoms with E-state index in [4.69, 9.17) is 0 Å². The van der Waals surface area contributed by atoms with Crippen LogP contribution in [0.2, 0.25) is 0 Å². The van der Waals surface area contributed by atoms with E-state index in [2.05, 4.69) is 36.9 Å². The Morgan fingerprint density at radius 1 is 0.881 bits per heavy atom. The molecule has 214 valence electrons.